The van der Waals surface area contributed by atoms with Crippen molar-refractivity contribution < 1.29 is 9.15 Å². The topological polar surface area (TPSA) is 52.3 Å². The first-order valence-electron chi connectivity index (χ1n) is 3.45. The molecular weight excluding hydrogens is 182 g/mol. The Hall–Kier alpha value is -1.03. The Morgan fingerprint density at radius 1 is 1.67 bits per heavy atom. The molecule has 0 atom stereocenters. The summed E-state index contributed by atoms with van der Waals surface area (Å²) in [6.07, 6.45) is 0. The summed E-state index contributed by atoms with van der Waals surface area (Å²) >= 11 is 5.60. The van der Waals surface area contributed by atoms with E-state index in [4.69, 9.17) is 20.8 Å². The molecule has 0 bridgehead atoms. The second-order valence-electron chi connectivity index (χ2n) is 2.09. The molecule has 1 aromatic rings. The van der Waals surface area contributed by atoms with Crippen LogP contribution in [0.3, 0.4) is 0 Å². The van der Waals surface area contributed by atoms with E-state index in [-0.39, 0.29) is 11.0 Å². The monoisotopic (exact) mass is 189 g/mol. The molecule has 0 spiro atoms. The third-order valence-electron chi connectivity index (χ3n) is 1.19. The highest BCUT2D eigenvalue weighted by Gasteiger charge is 2.08. The van der Waals surface area contributed by atoms with Gasteiger partial charge in [-0.1, -0.05) is 11.6 Å². The molecule has 0 saturated heterocycles. The molecule has 0 amide bonds. The minimum absolute atomic E-state index is 0.0897. The van der Waals surface area contributed by atoms with Gasteiger partial charge in [0.25, 0.3) is 0 Å². The van der Waals surface area contributed by atoms with Gasteiger partial charge in [-0.25, -0.2) is 4.79 Å². The molecule has 0 saturated carbocycles. The van der Waals surface area contributed by atoms with E-state index < -0.39 is 5.63 Å². The molecule has 0 aliphatic heterocycles. The van der Waals surface area contributed by atoms with Crippen molar-refractivity contribution in [2.45, 2.75) is 13.8 Å². The zero-order valence-corrected chi connectivity index (χ0v) is 7.51. The number of rotatable bonds is 2. The van der Waals surface area contributed by atoms with Crippen LogP contribution in [0.25, 0.3) is 0 Å². The van der Waals surface area contributed by atoms with E-state index in [1.54, 1.807) is 13.8 Å². The number of halogens is 1. The second kappa shape index (κ2) is 3.58. The summed E-state index contributed by atoms with van der Waals surface area (Å²) in [4.78, 5) is 14.7. The molecule has 0 N–H and O–H groups in total. The van der Waals surface area contributed by atoms with Crippen molar-refractivity contribution in [3.8, 4) is 5.88 Å². The van der Waals surface area contributed by atoms with E-state index >= 15 is 0 Å². The standard InChI is InChI=1S/C7H8ClNO3/c1-3-11-6-7(10)12-4(2)5(8)9-6/h3H2,1-2H3. The van der Waals surface area contributed by atoms with Gasteiger partial charge in [0.15, 0.2) is 5.15 Å². The van der Waals surface area contributed by atoms with Crippen molar-refractivity contribution in [3.63, 3.8) is 0 Å². The summed E-state index contributed by atoms with van der Waals surface area (Å²) in [6, 6.07) is 0. The molecule has 0 aliphatic rings. The molecule has 0 radical (unpaired) electrons. The van der Waals surface area contributed by atoms with Crippen LogP contribution in [0, 0.1) is 6.92 Å². The summed E-state index contributed by atoms with van der Waals surface area (Å²) in [5.41, 5.74) is -0.598. The van der Waals surface area contributed by atoms with Crippen LogP contribution in [0.4, 0.5) is 0 Å². The summed E-state index contributed by atoms with van der Waals surface area (Å²) in [5.74, 6) is 0.207. The third kappa shape index (κ3) is 1.76. The highest BCUT2D eigenvalue weighted by Crippen LogP contribution is 2.12. The van der Waals surface area contributed by atoms with Gasteiger partial charge in [0.1, 0.15) is 5.76 Å². The lowest BCUT2D eigenvalue weighted by atomic mass is 10.6. The molecule has 1 aromatic heterocycles. The van der Waals surface area contributed by atoms with Crippen molar-refractivity contribution in [3.05, 3.63) is 21.3 Å². The van der Waals surface area contributed by atoms with E-state index in [1.807, 2.05) is 0 Å². The Morgan fingerprint density at radius 3 is 2.92 bits per heavy atom. The van der Waals surface area contributed by atoms with Crippen LogP contribution in [0.15, 0.2) is 9.21 Å². The fraction of sp³-hybridized carbons (Fsp3) is 0.429. The average molecular weight is 190 g/mol. The fourth-order valence-electron chi connectivity index (χ4n) is 0.666. The summed E-state index contributed by atoms with van der Waals surface area (Å²) in [5, 5.41) is 0.151. The third-order valence-corrected chi connectivity index (χ3v) is 1.54. The first kappa shape index (κ1) is 9.06. The first-order chi connectivity index (χ1) is 5.65. The Bertz CT molecular complexity index is 334. The molecule has 66 valence electrons. The van der Waals surface area contributed by atoms with E-state index in [9.17, 15) is 4.79 Å². The van der Waals surface area contributed by atoms with Crippen LogP contribution in [-0.4, -0.2) is 11.6 Å². The van der Waals surface area contributed by atoms with Crippen molar-refractivity contribution >= 4 is 11.6 Å². The van der Waals surface area contributed by atoms with Gasteiger partial charge in [0.2, 0.25) is 0 Å². The number of nitrogens with zero attached hydrogens (tertiary/aromatic N) is 1. The molecule has 1 rings (SSSR count). The quantitative estimate of drug-likeness (QED) is 0.706. The lowest BCUT2D eigenvalue weighted by Crippen LogP contribution is -2.09. The fourth-order valence-corrected chi connectivity index (χ4v) is 0.782. The van der Waals surface area contributed by atoms with Crippen molar-refractivity contribution in [2.75, 3.05) is 6.61 Å². The normalized spacial score (nSPS) is 9.92. The van der Waals surface area contributed by atoms with E-state index in [2.05, 4.69) is 4.98 Å². The number of hydrogen-bond acceptors (Lipinski definition) is 4. The van der Waals surface area contributed by atoms with Crippen molar-refractivity contribution in [2.24, 2.45) is 0 Å². The largest absolute Gasteiger partial charge is 0.473 e. The predicted octanol–water partition coefficient (Wildman–Crippen LogP) is 1.40. The maximum absolute atomic E-state index is 11.0. The van der Waals surface area contributed by atoms with Crippen molar-refractivity contribution in [1.29, 1.82) is 0 Å². The zero-order valence-electron chi connectivity index (χ0n) is 6.76. The summed E-state index contributed by atoms with van der Waals surface area (Å²) in [7, 11) is 0. The van der Waals surface area contributed by atoms with Gasteiger partial charge in [-0.3, -0.25) is 0 Å². The lowest BCUT2D eigenvalue weighted by molar-refractivity contribution is 0.298. The van der Waals surface area contributed by atoms with Gasteiger partial charge in [0.05, 0.1) is 6.61 Å². The highest BCUT2D eigenvalue weighted by atomic mass is 35.5. The van der Waals surface area contributed by atoms with Gasteiger partial charge in [0, 0.05) is 0 Å². The molecule has 0 fully saturated rings. The molecule has 4 nitrogen and oxygen atoms in total. The van der Waals surface area contributed by atoms with E-state index in [1.165, 1.54) is 0 Å². The summed E-state index contributed by atoms with van der Waals surface area (Å²) in [6.45, 7) is 3.67. The Morgan fingerprint density at radius 2 is 2.33 bits per heavy atom. The molecule has 1 heterocycles. The number of ether oxygens (including phenoxy) is 1. The van der Waals surface area contributed by atoms with Crippen LogP contribution in [-0.2, 0) is 0 Å². The number of aromatic nitrogens is 1. The minimum atomic E-state index is -0.598. The molecule has 0 aromatic carbocycles. The van der Waals surface area contributed by atoms with Gasteiger partial charge in [-0.05, 0) is 13.8 Å². The van der Waals surface area contributed by atoms with Crippen LogP contribution < -0.4 is 10.4 Å². The SMILES string of the molecule is CCOc1nc(Cl)c(C)oc1=O. The maximum Gasteiger partial charge on any atom is 0.399 e. The Kier molecular flexibility index (Phi) is 2.70. The molecular formula is C7H8ClNO3. The van der Waals surface area contributed by atoms with Crippen LogP contribution in [0.1, 0.15) is 12.7 Å². The average Bonchev–Trinajstić information content (AvgIpc) is 2.01. The van der Waals surface area contributed by atoms with E-state index in [0.29, 0.717) is 12.4 Å². The lowest BCUT2D eigenvalue weighted by Gasteiger charge is -2.00. The number of hydrogen-bond donors (Lipinski definition) is 0. The maximum atomic E-state index is 11.0. The second-order valence-corrected chi connectivity index (χ2v) is 2.44. The summed E-state index contributed by atoms with van der Waals surface area (Å²) < 4.78 is 9.59. The smallest absolute Gasteiger partial charge is 0.399 e. The van der Waals surface area contributed by atoms with Crippen LogP contribution >= 0.6 is 11.6 Å². The zero-order chi connectivity index (χ0) is 9.14. The van der Waals surface area contributed by atoms with Gasteiger partial charge in [-0.2, -0.15) is 4.98 Å². The Balaban J connectivity index is 3.14. The van der Waals surface area contributed by atoms with Gasteiger partial charge < -0.3 is 9.15 Å². The highest BCUT2D eigenvalue weighted by molar-refractivity contribution is 6.29. The first-order valence-corrected chi connectivity index (χ1v) is 3.83. The van der Waals surface area contributed by atoms with Crippen LogP contribution in [0.2, 0.25) is 5.15 Å². The number of aryl methyl sites for hydroxylation is 1. The molecule has 0 unspecified atom stereocenters. The minimum Gasteiger partial charge on any atom is -0.473 e. The van der Waals surface area contributed by atoms with E-state index in [0.717, 1.165) is 0 Å². The van der Waals surface area contributed by atoms with Crippen molar-refractivity contribution in [1.82, 2.24) is 4.98 Å². The molecule has 5 heteroatoms. The Labute approximate surface area is 74.1 Å². The van der Waals surface area contributed by atoms with Gasteiger partial charge in [-0.15, -0.1) is 0 Å². The molecule has 0 aliphatic carbocycles. The predicted molar refractivity (Wildman–Crippen MR) is 43.7 cm³/mol. The van der Waals surface area contributed by atoms with Crippen LogP contribution in [0.5, 0.6) is 5.88 Å². The van der Waals surface area contributed by atoms with Gasteiger partial charge >= 0.3 is 11.5 Å². The molecule has 12 heavy (non-hydrogen) atoms.